The first-order valence-corrected chi connectivity index (χ1v) is 9.30. The van der Waals surface area contributed by atoms with Crippen molar-refractivity contribution in [2.45, 2.75) is 11.8 Å². The highest BCUT2D eigenvalue weighted by molar-refractivity contribution is 5.95. The third-order valence-electron chi connectivity index (χ3n) is 5.08. The molecule has 0 bridgehead atoms. The van der Waals surface area contributed by atoms with Crippen LogP contribution in [-0.2, 0) is 15.1 Å². The van der Waals surface area contributed by atoms with Crippen LogP contribution in [0.25, 0.3) is 0 Å². The fraction of sp³-hybridized carbons (Fsp3) is 0.250. The van der Waals surface area contributed by atoms with E-state index in [1.54, 1.807) is 0 Å². The number of hydrogen-bond donors (Lipinski definition) is 2. The molecule has 12 heteroatoms. The largest absolute Gasteiger partial charge is 0.447 e. The van der Waals surface area contributed by atoms with Crippen LogP contribution in [0.15, 0.2) is 42.5 Å². The van der Waals surface area contributed by atoms with E-state index in [4.69, 9.17) is 9.47 Å². The highest BCUT2D eigenvalue weighted by Crippen LogP contribution is 2.48. The summed E-state index contributed by atoms with van der Waals surface area (Å²) in [7, 11) is 0. The second kappa shape index (κ2) is 7.70. The number of anilines is 2. The summed E-state index contributed by atoms with van der Waals surface area (Å²) < 4.78 is 65.6. The second-order valence-corrected chi connectivity index (χ2v) is 7.02. The molecule has 1 atom stereocenters. The molecule has 2 N–H and O–H groups in total. The summed E-state index contributed by atoms with van der Waals surface area (Å²) >= 11 is 0. The first-order chi connectivity index (χ1) is 15.1. The Hall–Kier alpha value is -3.83. The minimum absolute atomic E-state index is 0.0707. The number of carbonyl (C=O) groups excluding carboxylic acids is 3. The number of benzene rings is 2. The van der Waals surface area contributed by atoms with Gasteiger partial charge in [-0.1, -0.05) is 0 Å². The lowest BCUT2D eigenvalue weighted by Gasteiger charge is -2.40. The first-order valence-electron chi connectivity index (χ1n) is 9.30. The lowest BCUT2D eigenvalue weighted by Crippen LogP contribution is -2.56. The molecule has 2 aromatic carbocycles. The molecule has 3 amide bonds. The van der Waals surface area contributed by atoms with Gasteiger partial charge in [0, 0.05) is 16.8 Å². The molecule has 1 saturated heterocycles. The average molecular weight is 453 g/mol. The first kappa shape index (κ1) is 21.4. The molecule has 2 aliphatic heterocycles. The van der Waals surface area contributed by atoms with Crippen LogP contribution in [0.1, 0.15) is 15.9 Å². The lowest BCUT2D eigenvalue weighted by molar-refractivity contribution is -0.261. The fourth-order valence-corrected chi connectivity index (χ4v) is 3.47. The van der Waals surface area contributed by atoms with Crippen LogP contribution in [0.3, 0.4) is 0 Å². The highest BCUT2D eigenvalue weighted by Gasteiger charge is 2.62. The summed E-state index contributed by atoms with van der Waals surface area (Å²) in [4.78, 5) is 37.3. The number of halogens is 4. The number of amides is 3. The Morgan fingerprint density at radius 2 is 1.88 bits per heavy atom. The Labute approximate surface area is 178 Å². The van der Waals surface area contributed by atoms with Crippen LogP contribution < -0.4 is 15.5 Å². The molecule has 2 aromatic rings. The van der Waals surface area contributed by atoms with Crippen LogP contribution in [0.5, 0.6) is 0 Å². The smallest absolute Gasteiger partial charge is 0.434 e. The third-order valence-corrected chi connectivity index (χ3v) is 5.08. The lowest BCUT2D eigenvalue weighted by atomic mass is 9.89. The van der Waals surface area contributed by atoms with E-state index in [2.05, 4.69) is 10.6 Å². The van der Waals surface area contributed by atoms with Crippen molar-refractivity contribution in [2.24, 2.45) is 0 Å². The van der Waals surface area contributed by atoms with Crippen molar-refractivity contribution in [1.29, 1.82) is 0 Å². The monoisotopic (exact) mass is 453 g/mol. The van der Waals surface area contributed by atoms with E-state index in [1.165, 1.54) is 12.1 Å². The van der Waals surface area contributed by atoms with E-state index in [0.29, 0.717) is 0 Å². The van der Waals surface area contributed by atoms with Crippen molar-refractivity contribution in [1.82, 2.24) is 5.32 Å². The van der Waals surface area contributed by atoms with E-state index in [9.17, 15) is 31.9 Å². The topological polar surface area (TPSA) is 97.0 Å². The van der Waals surface area contributed by atoms with Gasteiger partial charge in [-0.05, 0) is 42.5 Å². The van der Waals surface area contributed by atoms with Crippen LogP contribution in [0.2, 0.25) is 0 Å². The fourth-order valence-electron chi connectivity index (χ4n) is 3.47. The Morgan fingerprint density at radius 3 is 2.50 bits per heavy atom. The summed E-state index contributed by atoms with van der Waals surface area (Å²) in [6.07, 6.45) is -7.23. The highest BCUT2D eigenvalue weighted by atomic mass is 19.4. The van der Waals surface area contributed by atoms with Crippen LogP contribution in [0, 0.1) is 5.82 Å². The van der Waals surface area contributed by atoms with Gasteiger partial charge in [-0.3, -0.25) is 15.0 Å². The molecule has 2 aliphatic rings. The molecule has 4 rings (SSSR count). The number of alkyl halides is 3. The number of ether oxygens (including phenoxy) is 2. The maximum Gasteiger partial charge on any atom is 0.434 e. The van der Waals surface area contributed by atoms with Crippen molar-refractivity contribution in [3.63, 3.8) is 0 Å². The Bertz CT molecular complexity index is 1090. The van der Waals surface area contributed by atoms with Crippen molar-refractivity contribution < 1.29 is 41.4 Å². The Balaban J connectivity index is 1.72. The van der Waals surface area contributed by atoms with Gasteiger partial charge >= 0.3 is 18.4 Å². The van der Waals surface area contributed by atoms with Gasteiger partial charge in [0.05, 0.1) is 18.8 Å². The third kappa shape index (κ3) is 3.67. The average Bonchev–Trinajstić information content (AvgIpc) is 3.17. The number of nitrogens with zero attached hydrogens (tertiary/aromatic N) is 1. The zero-order valence-corrected chi connectivity index (χ0v) is 16.2. The molecular formula is C20H15F4N3O5. The van der Waals surface area contributed by atoms with E-state index < -0.39 is 47.8 Å². The number of hydrogen-bond acceptors (Lipinski definition) is 5. The summed E-state index contributed by atoms with van der Waals surface area (Å²) in [5.41, 5.74) is -3.91. The molecule has 0 saturated carbocycles. The van der Waals surface area contributed by atoms with Gasteiger partial charge in [0.25, 0.3) is 11.5 Å². The summed E-state index contributed by atoms with van der Waals surface area (Å²) in [6.45, 7) is -0.951. The molecule has 0 spiro atoms. The number of rotatable bonds is 4. The molecule has 32 heavy (non-hydrogen) atoms. The van der Waals surface area contributed by atoms with Crippen LogP contribution >= 0.6 is 0 Å². The molecule has 2 heterocycles. The van der Waals surface area contributed by atoms with Gasteiger partial charge in [0.1, 0.15) is 12.4 Å². The van der Waals surface area contributed by atoms with Gasteiger partial charge in [0.2, 0.25) is 0 Å². The van der Waals surface area contributed by atoms with Crippen molar-refractivity contribution in [2.75, 3.05) is 29.9 Å². The summed E-state index contributed by atoms with van der Waals surface area (Å²) in [5.74, 6) is -1.55. The molecule has 0 aliphatic carbocycles. The maximum absolute atomic E-state index is 14.3. The number of nitrogens with one attached hydrogen (secondary N) is 2. The SMILES string of the molecule is O=C1Nc2ccc(N3CCOC3=O)cc2[C@](CNC(=O)c2ccc(F)cc2)(C(F)(F)F)O1. The molecule has 0 aromatic heterocycles. The number of fused-ring (bicyclic) bond motifs is 1. The quantitative estimate of drug-likeness (QED) is 0.691. The molecule has 8 nitrogen and oxygen atoms in total. The van der Waals surface area contributed by atoms with Gasteiger partial charge in [-0.2, -0.15) is 13.2 Å². The number of carbonyl (C=O) groups is 3. The molecular weight excluding hydrogens is 438 g/mol. The van der Waals surface area contributed by atoms with Crippen molar-refractivity contribution in [3.05, 3.63) is 59.4 Å². The summed E-state index contributed by atoms with van der Waals surface area (Å²) in [6, 6.07) is 7.79. The van der Waals surface area contributed by atoms with E-state index >= 15 is 0 Å². The van der Waals surface area contributed by atoms with E-state index in [0.717, 1.165) is 35.2 Å². The Kier molecular flexibility index (Phi) is 5.15. The van der Waals surface area contributed by atoms with Crippen LogP contribution in [-0.4, -0.2) is 44.0 Å². The number of cyclic esters (lactones) is 2. The summed E-state index contributed by atoms with van der Waals surface area (Å²) in [5, 5.41) is 4.29. The molecule has 1 fully saturated rings. The Morgan fingerprint density at radius 1 is 1.16 bits per heavy atom. The van der Waals surface area contributed by atoms with Crippen molar-refractivity contribution >= 4 is 29.5 Å². The van der Waals surface area contributed by atoms with E-state index in [-0.39, 0.29) is 30.1 Å². The minimum atomic E-state index is -5.14. The zero-order chi connectivity index (χ0) is 23.1. The van der Waals surface area contributed by atoms with Gasteiger partial charge in [0.15, 0.2) is 0 Å². The molecule has 0 unspecified atom stereocenters. The van der Waals surface area contributed by atoms with Crippen LogP contribution in [0.4, 0.5) is 38.5 Å². The molecule has 0 radical (unpaired) electrons. The standard InChI is InChI=1S/C20H15F4N3O5/c21-12-3-1-11(2-4-12)16(28)25-10-19(20(22,23)24)14-9-13(27-7-8-31-18(27)30)5-6-15(14)26-17(29)32-19/h1-6,9H,7-8,10H2,(H,25,28)(H,26,29)/t19-/m1/s1. The predicted octanol–water partition coefficient (Wildman–Crippen LogP) is 3.53. The zero-order valence-electron chi connectivity index (χ0n) is 16.2. The van der Waals surface area contributed by atoms with E-state index in [1.807, 2.05) is 0 Å². The maximum atomic E-state index is 14.3. The second-order valence-electron chi connectivity index (χ2n) is 7.02. The van der Waals surface area contributed by atoms with Gasteiger partial charge in [-0.25, -0.2) is 14.0 Å². The normalized spacial score (nSPS) is 20.2. The van der Waals surface area contributed by atoms with Gasteiger partial charge < -0.3 is 14.8 Å². The predicted molar refractivity (Wildman–Crippen MR) is 102 cm³/mol. The minimum Gasteiger partial charge on any atom is -0.447 e. The molecule has 168 valence electrons. The van der Waals surface area contributed by atoms with Crippen molar-refractivity contribution in [3.8, 4) is 0 Å². The van der Waals surface area contributed by atoms with Gasteiger partial charge in [-0.15, -0.1) is 0 Å².